The zero-order valence-electron chi connectivity index (χ0n) is 23.5. The summed E-state index contributed by atoms with van der Waals surface area (Å²) in [5, 5.41) is 22.6. The summed E-state index contributed by atoms with van der Waals surface area (Å²) >= 11 is 6.50. The molecule has 1 aliphatic carbocycles. The Kier molecular flexibility index (Phi) is 10.3. The summed E-state index contributed by atoms with van der Waals surface area (Å²) in [5.74, 6) is -8.05. The monoisotopic (exact) mass is 659 g/mol. The predicted octanol–water partition coefficient (Wildman–Crippen LogP) is 5.46. The largest absolute Gasteiger partial charge is 0.383 e. The van der Waals surface area contributed by atoms with E-state index < -0.39 is 84.5 Å². The van der Waals surface area contributed by atoms with E-state index in [1.807, 2.05) is 6.07 Å². The molecule has 3 amide bonds. The van der Waals surface area contributed by atoms with Gasteiger partial charge in [-0.15, -0.1) is 0 Å². The Hall–Kier alpha value is -4.54. The number of amides is 3. The molecule has 0 spiro atoms. The molecule has 2 fully saturated rings. The number of benzene rings is 2. The standard InChI is InChI=1S/C31H26ClF4N5O4.CH4/c32-23-4-2-1-3-22(23)27(28(43)39-20-5-8-31(35,36)9-6-20)40(21-13-18(33)12-19(34)14-21)29(44)24-15-25(42)30(45)41(24)26-11-17(16-37)7-10-38-26;/h1-4,7,10-14,20,24-25,27,42H,5-6,8-9,15H2,(H,39,43);1H4/t24-,25+,27-;/m0./s1. The number of halogens is 5. The number of rotatable bonds is 7. The van der Waals surface area contributed by atoms with Gasteiger partial charge in [-0.3, -0.25) is 24.2 Å². The fourth-order valence-corrected chi connectivity index (χ4v) is 5.88. The van der Waals surface area contributed by atoms with Crippen LogP contribution in [0.25, 0.3) is 0 Å². The topological polar surface area (TPSA) is 127 Å². The van der Waals surface area contributed by atoms with E-state index >= 15 is 0 Å². The first-order valence-electron chi connectivity index (χ1n) is 14.0. The van der Waals surface area contributed by atoms with E-state index in [0.717, 1.165) is 21.9 Å². The van der Waals surface area contributed by atoms with Gasteiger partial charge >= 0.3 is 0 Å². The molecule has 0 bridgehead atoms. The van der Waals surface area contributed by atoms with Crippen LogP contribution in [-0.4, -0.2) is 51.9 Å². The van der Waals surface area contributed by atoms with Crippen LogP contribution in [0.5, 0.6) is 0 Å². The molecule has 0 unspecified atom stereocenters. The van der Waals surface area contributed by atoms with Crippen molar-refractivity contribution in [2.45, 2.75) is 69.7 Å². The van der Waals surface area contributed by atoms with Gasteiger partial charge in [-0.1, -0.05) is 37.2 Å². The lowest BCUT2D eigenvalue weighted by atomic mass is 9.91. The fourth-order valence-electron chi connectivity index (χ4n) is 5.64. The van der Waals surface area contributed by atoms with E-state index in [1.54, 1.807) is 6.07 Å². The number of hydrogen-bond acceptors (Lipinski definition) is 6. The highest BCUT2D eigenvalue weighted by Crippen LogP contribution is 2.38. The summed E-state index contributed by atoms with van der Waals surface area (Å²) in [4.78, 5) is 47.5. The normalized spacial score (nSPS) is 19.9. The van der Waals surface area contributed by atoms with Gasteiger partial charge in [0.25, 0.3) is 11.8 Å². The van der Waals surface area contributed by atoms with Crippen LogP contribution in [0.3, 0.4) is 0 Å². The number of hydrogen-bond donors (Lipinski definition) is 2. The molecular formula is C32H30ClF4N5O4. The number of nitrogens with zero attached hydrogens (tertiary/aromatic N) is 4. The summed E-state index contributed by atoms with van der Waals surface area (Å²) in [6.45, 7) is 0. The molecule has 1 saturated carbocycles. The molecule has 3 atom stereocenters. The van der Waals surface area contributed by atoms with Crippen molar-refractivity contribution in [3.63, 3.8) is 0 Å². The third-order valence-corrected chi connectivity index (χ3v) is 8.16. The third kappa shape index (κ3) is 7.13. The minimum absolute atomic E-state index is 0. The maximum absolute atomic E-state index is 14.6. The van der Waals surface area contributed by atoms with Crippen LogP contribution in [0, 0.1) is 23.0 Å². The van der Waals surface area contributed by atoms with Gasteiger partial charge in [-0.2, -0.15) is 5.26 Å². The number of anilines is 2. The van der Waals surface area contributed by atoms with Gasteiger partial charge in [0, 0.05) is 48.2 Å². The first kappa shape index (κ1) is 34.3. The minimum Gasteiger partial charge on any atom is -0.383 e. The lowest BCUT2D eigenvalue weighted by Crippen LogP contribution is -2.53. The number of carbonyl (C=O) groups is 3. The Morgan fingerprint density at radius 1 is 1.11 bits per heavy atom. The van der Waals surface area contributed by atoms with Crippen molar-refractivity contribution in [3.05, 3.63) is 88.6 Å². The predicted molar refractivity (Wildman–Crippen MR) is 161 cm³/mol. The molecule has 14 heteroatoms. The Bertz CT molecular complexity index is 1660. The molecular weight excluding hydrogens is 630 g/mol. The molecule has 5 rings (SSSR count). The fraction of sp³-hybridized carbons (Fsp3) is 0.344. The van der Waals surface area contributed by atoms with Gasteiger partial charge in [0.05, 0.1) is 17.3 Å². The number of nitriles is 1. The van der Waals surface area contributed by atoms with Gasteiger partial charge in [-0.05, 0) is 43.2 Å². The van der Waals surface area contributed by atoms with Crippen LogP contribution in [0.1, 0.15) is 56.7 Å². The molecule has 3 aromatic rings. The molecule has 46 heavy (non-hydrogen) atoms. The molecule has 242 valence electrons. The molecule has 2 heterocycles. The molecule has 1 aromatic heterocycles. The Balaban J connectivity index is 0.00000480. The highest BCUT2D eigenvalue weighted by Gasteiger charge is 2.48. The van der Waals surface area contributed by atoms with E-state index in [9.17, 15) is 42.3 Å². The number of alkyl halides is 2. The zero-order chi connectivity index (χ0) is 32.5. The first-order valence-corrected chi connectivity index (χ1v) is 14.4. The summed E-state index contributed by atoms with van der Waals surface area (Å²) in [7, 11) is 0. The number of aromatic nitrogens is 1. The van der Waals surface area contributed by atoms with Gasteiger partial charge in [0.1, 0.15) is 35.6 Å². The highest BCUT2D eigenvalue weighted by atomic mass is 35.5. The maximum atomic E-state index is 14.6. The zero-order valence-corrected chi connectivity index (χ0v) is 24.2. The van der Waals surface area contributed by atoms with Crippen molar-refractivity contribution in [1.82, 2.24) is 10.3 Å². The van der Waals surface area contributed by atoms with Crippen LogP contribution in [0.15, 0.2) is 60.8 Å². The van der Waals surface area contributed by atoms with Crippen molar-refractivity contribution in [2.75, 3.05) is 9.80 Å². The van der Waals surface area contributed by atoms with Crippen molar-refractivity contribution < 1.29 is 37.1 Å². The third-order valence-electron chi connectivity index (χ3n) is 7.82. The number of nitrogens with one attached hydrogen (secondary N) is 1. The molecule has 0 radical (unpaired) electrons. The van der Waals surface area contributed by atoms with E-state index in [4.69, 9.17) is 11.6 Å². The second-order valence-corrected chi connectivity index (χ2v) is 11.3. The van der Waals surface area contributed by atoms with E-state index in [2.05, 4.69) is 10.3 Å². The Morgan fingerprint density at radius 2 is 1.76 bits per heavy atom. The molecule has 1 saturated heterocycles. The van der Waals surface area contributed by atoms with E-state index in [0.29, 0.717) is 6.07 Å². The summed E-state index contributed by atoms with van der Waals surface area (Å²) in [6, 6.07) is 8.62. The SMILES string of the molecule is C.N#Cc1ccnc(N2C(=O)[C@H](O)C[C@H]2C(=O)N(c2cc(F)cc(F)c2)[C@H](C(=O)NC2CCC(F)(F)CC2)c2ccccc2Cl)c1. The highest BCUT2D eigenvalue weighted by molar-refractivity contribution is 6.31. The lowest BCUT2D eigenvalue weighted by molar-refractivity contribution is -0.128. The van der Waals surface area contributed by atoms with Crippen molar-refractivity contribution in [2.24, 2.45) is 0 Å². The van der Waals surface area contributed by atoms with Crippen molar-refractivity contribution in [1.29, 1.82) is 5.26 Å². The van der Waals surface area contributed by atoms with Crippen LogP contribution in [-0.2, 0) is 14.4 Å². The number of carbonyl (C=O) groups excluding carboxylic acids is 3. The van der Waals surface area contributed by atoms with E-state index in [1.165, 1.54) is 36.5 Å². The van der Waals surface area contributed by atoms with E-state index in [-0.39, 0.29) is 42.2 Å². The Morgan fingerprint density at radius 3 is 2.39 bits per heavy atom. The lowest BCUT2D eigenvalue weighted by Gasteiger charge is -2.37. The van der Waals surface area contributed by atoms with Crippen LogP contribution >= 0.6 is 11.6 Å². The number of aliphatic hydroxyl groups is 1. The Labute approximate surface area is 267 Å². The molecule has 2 N–H and O–H groups in total. The van der Waals surface area contributed by atoms with Crippen molar-refractivity contribution >= 4 is 40.8 Å². The van der Waals surface area contributed by atoms with Gasteiger partial charge in [0.15, 0.2) is 0 Å². The molecule has 1 aliphatic heterocycles. The minimum atomic E-state index is -2.89. The van der Waals surface area contributed by atoms with Crippen LogP contribution < -0.4 is 15.1 Å². The van der Waals surface area contributed by atoms with Gasteiger partial charge < -0.3 is 10.4 Å². The summed E-state index contributed by atoms with van der Waals surface area (Å²) < 4.78 is 57.0. The smallest absolute Gasteiger partial charge is 0.257 e. The quantitative estimate of drug-likeness (QED) is 0.325. The summed E-state index contributed by atoms with van der Waals surface area (Å²) in [6.07, 6.45) is -2.02. The van der Waals surface area contributed by atoms with Crippen molar-refractivity contribution in [3.8, 4) is 6.07 Å². The number of pyridine rings is 1. The average molecular weight is 660 g/mol. The second-order valence-electron chi connectivity index (χ2n) is 10.9. The average Bonchev–Trinajstić information content (AvgIpc) is 3.30. The maximum Gasteiger partial charge on any atom is 0.257 e. The molecule has 9 nitrogen and oxygen atoms in total. The molecule has 2 aliphatic rings. The van der Waals surface area contributed by atoms with Crippen LogP contribution in [0.2, 0.25) is 5.02 Å². The van der Waals surface area contributed by atoms with Crippen LogP contribution in [0.4, 0.5) is 29.1 Å². The number of aliphatic hydroxyl groups excluding tert-OH is 1. The second kappa shape index (κ2) is 13.8. The molecule has 2 aromatic carbocycles. The van der Waals surface area contributed by atoms with Gasteiger partial charge in [0.2, 0.25) is 11.8 Å². The first-order chi connectivity index (χ1) is 21.4. The van der Waals surface area contributed by atoms with Gasteiger partial charge in [-0.25, -0.2) is 22.5 Å². The summed E-state index contributed by atoms with van der Waals surface area (Å²) in [5.41, 5.74) is -0.284.